The molecule has 0 saturated carbocycles. The van der Waals surface area contributed by atoms with E-state index in [0.29, 0.717) is 12.8 Å². The molecule has 7 rings (SSSR count). The molecule has 9 nitrogen and oxygen atoms in total. The van der Waals surface area contributed by atoms with Gasteiger partial charge in [0.25, 0.3) is 0 Å². The van der Waals surface area contributed by atoms with Crippen molar-refractivity contribution in [3.05, 3.63) is 108 Å². The second-order valence-electron chi connectivity index (χ2n) is 11.8. The number of rotatable bonds is 7. The van der Waals surface area contributed by atoms with Crippen LogP contribution in [0.3, 0.4) is 0 Å². The van der Waals surface area contributed by atoms with Gasteiger partial charge in [0.1, 0.15) is 11.9 Å². The van der Waals surface area contributed by atoms with E-state index < -0.39 is 18.2 Å². The molecule has 48 heavy (non-hydrogen) atoms. The number of pyridine rings is 1. The van der Waals surface area contributed by atoms with Crippen LogP contribution in [0.4, 0.5) is 23.7 Å². The SMILES string of the molecule is Cc1cc2ncc3cc(-c4ccccc4)c(-c4ccc(CN5CCC(OC(=O)Nc6cccc(OC(F)(F)F)c6)CC5)cc4)nc3n2n1. The van der Waals surface area contributed by atoms with E-state index >= 15 is 0 Å². The first-order valence-electron chi connectivity index (χ1n) is 15.5. The molecule has 6 aromatic rings. The van der Waals surface area contributed by atoms with Gasteiger partial charge >= 0.3 is 12.5 Å². The number of hydrogen-bond acceptors (Lipinski definition) is 7. The molecule has 0 spiro atoms. The number of amides is 1. The highest BCUT2D eigenvalue weighted by Gasteiger charge is 2.31. The zero-order valence-corrected chi connectivity index (χ0v) is 25.9. The number of alkyl halides is 3. The van der Waals surface area contributed by atoms with E-state index in [9.17, 15) is 18.0 Å². The molecule has 0 atom stereocenters. The van der Waals surface area contributed by atoms with E-state index in [1.165, 1.54) is 12.1 Å². The topological polar surface area (TPSA) is 93.9 Å². The van der Waals surface area contributed by atoms with Crippen LogP contribution >= 0.6 is 0 Å². The van der Waals surface area contributed by atoms with Crippen molar-refractivity contribution in [1.82, 2.24) is 24.5 Å². The molecule has 1 aliphatic rings. The summed E-state index contributed by atoms with van der Waals surface area (Å²) < 4.78 is 48.8. The van der Waals surface area contributed by atoms with Crippen molar-refractivity contribution in [1.29, 1.82) is 0 Å². The predicted octanol–water partition coefficient (Wildman–Crippen LogP) is 8.03. The van der Waals surface area contributed by atoms with Crippen molar-refractivity contribution in [2.24, 2.45) is 0 Å². The fraction of sp³-hybridized carbons (Fsp3) is 0.222. The maximum absolute atomic E-state index is 12.5. The molecule has 3 aromatic carbocycles. The average molecular weight is 653 g/mol. The highest BCUT2D eigenvalue weighted by Crippen LogP contribution is 2.34. The van der Waals surface area contributed by atoms with Crippen LogP contribution in [0.2, 0.25) is 0 Å². The minimum absolute atomic E-state index is 0.152. The third-order valence-electron chi connectivity index (χ3n) is 8.22. The lowest BCUT2D eigenvalue weighted by Gasteiger charge is -2.31. The average Bonchev–Trinajstić information content (AvgIpc) is 3.46. The number of nitrogens with zero attached hydrogens (tertiary/aromatic N) is 5. The first kappa shape index (κ1) is 31.1. The summed E-state index contributed by atoms with van der Waals surface area (Å²) in [6, 6.07) is 27.7. The Kier molecular flexibility index (Phi) is 8.40. The number of piperidine rings is 1. The highest BCUT2D eigenvalue weighted by atomic mass is 19.4. The van der Waals surface area contributed by atoms with Gasteiger partial charge in [-0.3, -0.25) is 10.2 Å². The van der Waals surface area contributed by atoms with Crippen LogP contribution in [0.15, 0.2) is 97.2 Å². The standard InChI is InChI=1S/C36H31F3N6O3/c1-23-18-32-40-21-27-19-31(25-6-3-2-4-7-25)33(42-34(27)45(32)43-23)26-12-10-24(11-13-26)22-44-16-14-29(15-17-44)47-35(46)41-28-8-5-9-30(20-28)48-36(37,38)39/h2-13,18-21,29H,14-17,22H2,1H3,(H,41,46). The maximum Gasteiger partial charge on any atom is 0.573 e. The second kappa shape index (κ2) is 13.0. The van der Waals surface area contributed by atoms with Crippen molar-refractivity contribution in [3.8, 4) is 28.1 Å². The Morgan fingerprint density at radius 2 is 1.71 bits per heavy atom. The fourth-order valence-electron chi connectivity index (χ4n) is 5.99. The van der Waals surface area contributed by atoms with Crippen LogP contribution in [-0.2, 0) is 11.3 Å². The molecule has 1 N–H and O–H groups in total. The number of likely N-dealkylation sites (tertiary alicyclic amines) is 1. The Morgan fingerprint density at radius 1 is 0.938 bits per heavy atom. The molecule has 1 amide bonds. The number of fused-ring (bicyclic) bond motifs is 3. The van der Waals surface area contributed by atoms with Gasteiger partial charge in [-0.05, 0) is 49.1 Å². The Hall–Kier alpha value is -5.49. The minimum Gasteiger partial charge on any atom is -0.446 e. The minimum atomic E-state index is -4.82. The van der Waals surface area contributed by atoms with E-state index in [1.807, 2.05) is 37.4 Å². The molecule has 0 unspecified atom stereocenters. The normalized spacial score (nSPS) is 14.3. The van der Waals surface area contributed by atoms with E-state index in [2.05, 4.69) is 67.5 Å². The number of nitrogens with one attached hydrogen (secondary N) is 1. The zero-order valence-electron chi connectivity index (χ0n) is 25.9. The van der Waals surface area contributed by atoms with Gasteiger partial charge < -0.3 is 9.47 Å². The van der Waals surface area contributed by atoms with Gasteiger partial charge in [0, 0.05) is 60.2 Å². The summed E-state index contributed by atoms with van der Waals surface area (Å²) in [5.41, 5.74) is 7.58. The molecular formula is C36H31F3N6O3. The lowest BCUT2D eigenvalue weighted by Crippen LogP contribution is -2.38. The van der Waals surface area contributed by atoms with Gasteiger partial charge in [-0.2, -0.15) is 9.61 Å². The Balaban J connectivity index is 1.01. The molecule has 4 heterocycles. The number of benzene rings is 3. The number of hydrogen-bond donors (Lipinski definition) is 1. The van der Waals surface area contributed by atoms with Crippen molar-refractivity contribution in [2.45, 2.75) is 38.8 Å². The Labute approximate surface area is 274 Å². The lowest BCUT2D eigenvalue weighted by atomic mass is 9.97. The van der Waals surface area contributed by atoms with Gasteiger partial charge in [-0.25, -0.2) is 14.8 Å². The van der Waals surface area contributed by atoms with Gasteiger partial charge in [-0.15, -0.1) is 13.2 Å². The van der Waals surface area contributed by atoms with Crippen molar-refractivity contribution < 1.29 is 27.4 Å². The summed E-state index contributed by atoms with van der Waals surface area (Å²) >= 11 is 0. The molecular weight excluding hydrogens is 621 g/mol. The van der Waals surface area contributed by atoms with Crippen LogP contribution in [0.1, 0.15) is 24.1 Å². The second-order valence-corrected chi connectivity index (χ2v) is 11.8. The van der Waals surface area contributed by atoms with E-state index in [0.717, 1.165) is 82.1 Å². The first-order valence-corrected chi connectivity index (χ1v) is 15.5. The van der Waals surface area contributed by atoms with E-state index in [1.54, 1.807) is 4.52 Å². The van der Waals surface area contributed by atoms with Crippen LogP contribution in [0, 0.1) is 6.92 Å². The summed E-state index contributed by atoms with van der Waals surface area (Å²) in [6.45, 7) is 4.13. The number of anilines is 1. The fourth-order valence-corrected chi connectivity index (χ4v) is 5.99. The zero-order chi connectivity index (χ0) is 33.3. The Bertz CT molecular complexity index is 2080. The molecule has 1 saturated heterocycles. The Morgan fingerprint density at radius 3 is 2.46 bits per heavy atom. The van der Waals surface area contributed by atoms with E-state index in [4.69, 9.17) is 9.72 Å². The molecule has 244 valence electrons. The van der Waals surface area contributed by atoms with Gasteiger partial charge in [0.2, 0.25) is 0 Å². The van der Waals surface area contributed by atoms with Crippen LogP contribution in [-0.4, -0.2) is 56.1 Å². The quantitative estimate of drug-likeness (QED) is 0.187. The number of ether oxygens (including phenoxy) is 2. The molecule has 0 aliphatic carbocycles. The molecule has 12 heteroatoms. The van der Waals surface area contributed by atoms with Crippen LogP contribution < -0.4 is 10.1 Å². The number of carbonyl (C=O) groups excluding carboxylic acids is 1. The van der Waals surface area contributed by atoms with Crippen molar-refractivity contribution >= 4 is 28.5 Å². The molecule has 1 aliphatic heterocycles. The summed E-state index contributed by atoms with van der Waals surface area (Å²) in [5.74, 6) is -0.421. The first-order chi connectivity index (χ1) is 23.2. The smallest absolute Gasteiger partial charge is 0.446 e. The van der Waals surface area contributed by atoms with Crippen LogP contribution in [0.25, 0.3) is 39.1 Å². The predicted molar refractivity (Wildman–Crippen MR) is 175 cm³/mol. The van der Waals surface area contributed by atoms with Crippen molar-refractivity contribution in [3.63, 3.8) is 0 Å². The third-order valence-corrected chi connectivity index (χ3v) is 8.22. The number of aryl methyl sites for hydroxylation is 1. The molecule has 0 bridgehead atoms. The number of carbonyl (C=O) groups is 1. The summed E-state index contributed by atoms with van der Waals surface area (Å²) in [7, 11) is 0. The van der Waals surface area contributed by atoms with Crippen LogP contribution in [0.5, 0.6) is 5.75 Å². The van der Waals surface area contributed by atoms with E-state index in [-0.39, 0.29) is 11.8 Å². The lowest BCUT2D eigenvalue weighted by molar-refractivity contribution is -0.274. The van der Waals surface area contributed by atoms with Crippen molar-refractivity contribution in [2.75, 3.05) is 18.4 Å². The highest BCUT2D eigenvalue weighted by molar-refractivity contribution is 5.90. The summed E-state index contributed by atoms with van der Waals surface area (Å²) in [5, 5.41) is 8.01. The monoisotopic (exact) mass is 652 g/mol. The maximum atomic E-state index is 12.5. The third kappa shape index (κ3) is 7.08. The number of aromatic nitrogens is 4. The molecule has 3 aromatic heterocycles. The van der Waals surface area contributed by atoms with Gasteiger partial charge in [0.05, 0.1) is 11.4 Å². The molecule has 0 radical (unpaired) electrons. The number of halogens is 3. The largest absolute Gasteiger partial charge is 0.573 e. The molecule has 1 fully saturated rings. The summed E-state index contributed by atoms with van der Waals surface area (Å²) in [6.07, 6.45) is -2.71. The summed E-state index contributed by atoms with van der Waals surface area (Å²) in [4.78, 5) is 24.4. The van der Waals surface area contributed by atoms with Gasteiger partial charge in [0.15, 0.2) is 11.3 Å². The van der Waals surface area contributed by atoms with Gasteiger partial charge in [-0.1, -0.05) is 60.7 Å².